The van der Waals surface area contributed by atoms with Gasteiger partial charge in [-0.25, -0.2) is 0 Å². The molecule has 0 amide bonds. The van der Waals surface area contributed by atoms with Crippen LogP contribution in [0.5, 0.6) is 0 Å². The van der Waals surface area contributed by atoms with Gasteiger partial charge >= 0.3 is 0 Å². The summed E-state index contributed by atoms with van der Waals surface area (Å²) in [6.45, 7) is 3.32. The van der Waals surface area contributed by atoms with E-state index in [1.165, 1.54) is 18.3 Å². The van der Waals surface area contributed by atoms with Crippen molar-refractivity contribution in [3.63, 3.8) is 0 Å². The summed E-state index contributed by atoms with van der Waals surface area (Å²) in [6, 6.07) is 3.42. The summed E-state index contributed by atoms with van der Waals surface area (Å²) in [4.78, 5) is 23.4. The van der Waals surface area contributed by atoms with Crippen LogP contribution in [0.4, 0.5) is 0 Å². The number of rotatable bonds is 3. The van der Waals surface area contributed by atoms with Gasteiger partial charge in [0.1, 0.15) is 0 Å². The number of hydrogen-bond acceptors (Lipinski definition) is 3. The first-order valence-electron chi connectivity index (χ1n) is 3.79. The molecular weight excluding hydrogens is 172 g/mol. The minimum absolute atomic E-state index is 0.0233. The molecule has 2 nitrogen and oxygen atoms in total. The normalized spacial score (nSPS) is 9.83. The lowest BCUT2D eigenvalue weighted by Gasteiger charge is -1.88. The lowest BCUT2D eigenvalue weighted by atomic mass is 10.2. The Kier molecular flexibility index (Phi) is 2.76. The molecule has 0 aliphatic rings. The summed E-state index contributed by atoms with van der Waals surface area (Å²) in [5.41, 5.74) is 0. The molecule has 0 radical (unpaired) electrons. The van der Waals surface area contributed by atoms with Crippen LogP contribution in [0.2, 0.25) is 0 Å². The highest BCUT2D eigenvalue weighted by atomic mass is 32.1. The Morgan fingerprint density at radius 2 is 1.92 bits per heavy atom. The molecular formula is C9H10O2S. The van der Waals surface area contributed by atoms with Gasteiger partial charge in [0.25, 0.3) is 0 Å². The largest absolute Gasteiger partial charge is 0.294 e. The van der Waals surface area contributed by atoms with Crippen LogP contribution >= 0.6 is 11.3 Å². The number of hydrogen-bond donors (Lipinski definition) is 0. The maximum atomic E-state index is 11.1. The van der Waals surface area contributed by atoms with Crippen molar-refractivity contribution in [3.05, 3.63) is 21.9 Å². The van der Waals surface area contributed by atoms with Gasteiger partial charge in [-0.2, -0.15) is 0 Å². The fraction of sp³-hybridized carbons (Fsp3) is 0.333. The van der Waals surface area contributed by atoms with Crippen molar-refractivity contribution in [1.29, 1.82) is 0 Å². The van der Waals surface area contributed by atoms with E-state index >= 15 is 0 Å². The zero-order valence-corrected chi connectivity index (χ0v) is 7.90. The van der Waals surface area contributed by atoms with Gasteiger partial charge in [-0.05, 0) is 19.1 Å². The number of carbonyl (C=O) groups is 2. The van der Waals surface area contributed by atoms with Crippen LogP contribution in [0.25, 0.3) is 0 Å². The van der Waals surface area contributed by atoms with Gasteiger partial charge in [0, 0.05) is 6.42 Å². The van der Waals surface area contributed by atoms with Crippen LogP contribution in [0.1, 0.15) is 39.6 Å². The second kappa shape index (κ2) is 3.63. The van der Waals surface area contributed by atoms with Gasteiger partial charge in [-0.3, -0.25) is 9.59 Å². The molecule has 0 aromatic carbocycles. The third kappa shape index (κ3) is 1.80. The summed E-state index contributed by atoms with van der Waals surface area (Å²) in [5.74, 6) is 0.127. The first kappa shape index (κ1) is 9.13. The fourth-order valence-electron chi connectivity index (χ4n) is 0.851. The average Bonchev–Trinajstić information content (AvgIpc) is 2.51. The second-order valence-corrected chi connectivity index (χ2v) is 3.58. The lowest BCUT2D eigenvalue weighted by Crippen LogP contribution is -1.91. The van der Waals surface area contributed by atoms with Gasteiger partial charge in [0.05, 0.1) is 9.75 Å². The number of thiophene rings is 1. The number of ketones is 2. The third-order valence-electron chi connectivity index (χ3n) is 1.55. The smallest absolute Gasteiger partial charge is 0.172 e. The third-order valence-corrected chi connectivity index (χ3v) is 2.78. The molecule has 3 heteroatoms. The maximum Gasteiger partial charge on any atom is 0.172 e. The molecule has 1 aromatic heterocycles. The molecule has 0 saturated heterocycles. The molecule has 12 heavy (non-hydrogen) atoms. The van der Waals surface area contributed by atoms with Gasteiger partial charge in [0.2, 0.25) is 0 Å². The van der Waals surface area contributed by atoms with Crippen molar-refractivity contribution in [1.82, 2.24) is 0 Å². The lowest BCUT2D eigenvalue weighted by molar-refractivity contribution is 0.0990. The first-order chi connectivity index (χ1) is 5.65. The Morgan fingerprint density at radius 3 is 2.33 bits per heavy atom. The quantitative estimate of drug-likeness (QED) is 0.673. The minimum Gasteiger partial charge on any atom is -0.294 e. The zero-order chi connectivity index (χ0) is 9.14. The van der Waals surface area contributed by atoms with E-state index in [-0.39, 0.29) is 11.6 Å². The van der Waals surface area contributed by atoms with Gasteiger partial charge in [-0.1, -0.05) is 6.92 Å². The van der Waals surface area contributed by atoms with E-state index in [1.807, 2.05) is 6.92 Å². The summed E-state index contributed by atoms with van der Waals surface area (Å²) >= 11 is 1.27. The van der Waals surface area contributed by atoms with Crippen LogP contribution in [-0.2, 0) is 0 Å². The predicted molar refractivity (Wildman–Crippen MR) is 48.9 cm³/mol. The molecule has 1 heterocycles. The van der Waals surface area contributed by atoms with E-state index in [4.69, 9.17) is 0 Å². The van der Waals surface area contributed by atoms with Crippen molar-refractivity contribution in [2.24, 2.45) is 0 Å². The summed E-state index contributed by atoms with van der Waals surface area (Å²) in [5, 5.41) is 0. The van der Waals surface area contributed by atoms with E-state index in [0.29, 0.717) is 16.2 Å². The summed E-state index contributed by atoms with van der Waals surface area (Å²) in [7, 11) is 0. The molecule has 0 bridgehead atoms. The van der Waals surface area contributed by atoms with E-state index < -0.39 is 0 Å². The molecule has 1 aromatic rings. The van der Waals surface area contributed by atoms with E-state index in [9.17, 15) is 9.59 Å². The SMILES string of the molecule is CCC(=O)c1ccc(C(C)=O)s1. The molecule has 0 fully saturated rings. The minimum atomic E-state index is 0.0233. The van der Waals surface area contributed by atoms with E-state index in [2.05, 4.69) is 0 Å². The van der Waals surface area contributed by atoms with E-state index in [1.54, 1.807) is 12.1 Å². The summed E-state index contributed by atoms with van der Waals surface area (Å²) < 4.78 is 0. The Hall–Kier alpha value is -0.960. The second-order valence-electron chi connectivity index (χ2n) is 2.50. The highest BCUT2D eigenvalue weighted by Gasteiger charge is 2.08. The van der Waals surface area contributed by atoms with Crippen LogP contribution in [0, 0.1) is 0 Å². The molecule has 0 aliphatic carbocycles. The molecule has 0 saturated carbocycles. The Morgan fingerprint density at radius 1 is 1.33 bits per heavy atom. The van der Waals surface area contributed by atoms with Gasteiger partial charge in [-0.15, -0.1) is 11.3 Å². The van der Waals surface area contributed by atoms with Crippen LogP contribution in [0.15, 0.2) is 12.1 Å². The van der Waals surface area contributed by atoms with Crippen LogP contribution in [-0.4, -0.2) is 11.6 Å². The molecule has 0 N–H and O–H groups in total. The van der Waals surface area contributed by atoms with Gasteiger partial charge in [0.15, 0.2) is 11.6 Å². The standard InChI is InChI=1S/C9H10O2S/c1-3-7(11)9-5-4-8(12-9)6(2)10/h4-5H,3H2,1-2H3. The Labute approximate surface area is 75.2 Å². The van der Waals surface area contributed by atoms with Gasteiger partial charge < -0.3 is 0 Å². The monoisotopic (exact) mass is 182 g/mol. The molecule has 0 unspecified atom stereocenters. The first-order valence-corrected chi connectivity index (χ1v) is 4.60. The topological polar surface area (TPSA) is 34.1 Å². The number of Topliss-reactive ketones (excluding diaryl/α,β-unsaturated/α-hetero) is 2. The van der Waals surface area contributed by atoms with Crippen molar-refractivity contribution in [3.8, 4) is 0 Å². The van der Waals surface area contributed by atoms with Crippen molar-refractivity contribution < 1.29 is 9.59 Å². The molecule has 0 spiro atoms. The number of carbonyl (C=O) groups excluding carboxylic acids is 2. The van der Waals surface area contributed by atoms with Crippen molar-refractivity contribution in [2.75, 3.05) is 0 Å². The Bertz CT molecular complexity index is 312. The highest BCUT2D eigenvalue weighted by molar-refractivity contribution is 7.16. The zero-order valence-electron chi connectivity index (χ0n) is 7.09. The molecule has 0 aliphatic heterocycles. The fourth-order valence-corrected chi connectivity index (χ4v) is 1.76. The molecule has 0 atom stereocenters. The summed E-state index contributed by atoms with van der Waals surface area (Å²) in [6.07, 6.45) is 0.498. The molecule has 64 valence electrons. The molecule has 1 rings (SSSR count). The predicted octanol–water partition coefficient (Wildman–Crippen LogP) is 2.54. The van der Waals surface area contributed by atoms with E-state index in [0.717, 1.165) is 0 Å². The van der Waals surface area contributed by atoms with Crippen LogP contribution in [0.3, 0.4) is 0 Å². The Balaban J connectivity index is 2.91. The average molecular weight is 182 g/mol. The maximum absolute atomic E-state index is 11.1. The van der Waals surface area contributed by atoms with Crippen molar-refractivity contribution in [2.45, 2.75) is 20.3 Å². The van der Waals surface area contributed by atoms with Crippen molar-refractivity contribution >= 4 is 22.9 Å². The van der Waals surface area contributed by atoms with Crippen LogP contribution < -0.4 is 0 Å². The highest BCUT2D eigenvalue weighted by Crippen LogP contribution is 2.18.